The van der Waals surface area contributed by atoms with Gasteiger partial charge in [-0.15, -0.1) is 0 Å². The Kier molecular flexibility index (Phi) is 6.73. The van der Waals surface area contributed by atoms with Crippen molar-refractivity contribution in [1.29, 1.82) is 0 Å². The topological polar surface area (TPSA) is 77.5 Å². The van der Waals surface area contributed by atoms with E-state index in [0.717, 1.165) is 23.4 Å². The lowest BCUT2D eigenvalue weighted by Crippen LogP contribution is -2.31. The number of hydroxylamine groups is 1. The summed E-state index contributed by atoms with van der Waals surface area (Å²) in [6.45, 7) is -0.113. The van der Waals surface area contributed by atoms with Gasteiger partial charge in [0, 0.05) is 22.9 Å². The molecule has 1 fully saturated rings. The summed E-state index contributed by atoms with van der Waals surface area (Å²) in [5.41, 5.74) is 1.71. The number of halogens is 3. The summed E-state index contributed by atoms with van der Waals surface area (Å²) < 4.78 is 44.1. The third-order valence-electron chi connectivity index (χ3n) is 5.13. The fraction of sp³-hybridized carbons (Fsp3) is 0.261. The van der Waals surface area contributed by atoms with Crippen LogP contribution in [0.25, 0.3) is 10.8 Å². The first kappa shape index (κ1) is 22.9. The van der Waals surface area contributed by atoms with Crippen molar-refractivity contribution >= 4 is 34.4 Å². The lowest BCUT2D eigenvalue weighted by Gasteiger charge is -2.15. The molecule has 0 saturated carbocycles. The second-order valence-electron chi connectivity index (χ2n) is 7.41. The highest BCUT2D eigenvalue weighted by atomic mass is 32.2. The molecule has 0 aliphatic carbocycles. The third kappa shape index (κ3) is 5.39. The average Bonchev–Trinajstić information content (AvgIpc) is 3.35. The number of alkyl halides is 3. The quantitative estimate of drug-likeness (QED) is 0.535. The lowest BCUT2D eigenvalue weighted by molar-refractivity contribution is -0.153. The van der Waals surface area contributed by atoms with Crippen molar-refractivity contribution in [3.05, 3.63) is 71.5 Å². The second kappa shape index (κ2) is 9.70. The van der Waals surface area contributed by atoms with E-state index in [-0.39, 0.29) is 23.8 Å². The monoisotopic (exact) mass is 476 g/mol. The first-order valence-corrected chi connectivity index (χ1v) is 11.2. The molecule has 0 bridgehead atoms. The zero-order valence-corrected chi connectivity index (χ0v) is 18.0. The van der Waals surface area contributed by atoms with Crippen LogP contribution in [0.5, 0.6) is 5.75 Å². The molecule has 4 rings (SSSR count). The summed E-state index contributed by atoms with van der Waals surface area (Å²) >= 11 is 1.65. The van der Waals surface area contributed by atoms with Gasteiger partial charge in [-0.2, -0.15) is 30.4 Å². The number of aromatic nitrogens is 1. The Morgan fingerprint density at radius 3 is 2.64 bits per heavy atom. The Hall–Kier alpha value is -3.27. The minimum atomic E-state index is -4.53. The van der Waals surface area contributed by atoms with Crippen LogP contribution in [0.3, 0.4) is 0 Å². The zero-order chi connectivity index (χ0) is 23.4. The van der Waals surface area contributed by atoms with Gasteiger partial charge in [0.1, 0.15) is 18.1 Å². The van der Waals surface area contributed by atoms with E-state index in [1.54, 1.807) is 30.0 Å². The number of hydrogen-bond acceptors (Lipinski definition) is 6. The summed E-state index contributed by atoms with van der Waals surface area (Å²) in [7, 11) is 0. The molecule has 2 heterocycles. The van der Waals surface area contributed by atoms with Gasteiger partial charge in [0.05, 0.1) is 11.5 Å². The van der Waals surface area contributed by atoms with Gasteiger partial charge in [0.15, 0.2) is 0 Å². The van der Waals surface area contributed by atoms with Gasteiger partial charge in [0.25, 0.3) is 5.91 Å². The number of amides is 1. The number of carbonyl (C=O) groups excluding carboxylic acids is 2. The van der Waals surface area contributed by atoms with Gasteiger partial charge in [0.2, 0.25) is 0 Å². The number of fused-ring (bicyclic) bond motifs is 1. The minimum absolute atomic E-state index is 0.113. The summed E-state index contributed by atoms with van der Waals surface area (Å²) in [5.74, 6) is 0.329. The van der Waals surface area contributed by atoms with Crippen molar-refractivity contribution < 1.29 is 32.3 Å². The lowest BCUT2D eigenvalue weighted by atomic mass is 10.0. The van der Waals surface area contributed by atoms with Crippen LogP contribution in [0.15, 0.2) is 54.7 Å². The van der Waals surface area contributed by atoms with Crippen molar-refractivity contribution in [3.8, 4) is 5.75 Å². The van der Waals surface area contributed by atoms with E-state index in [2.05, 4.69) is 10.5 Å². The molecular formula is C23H19F3N2O4S. The maximum atomic E-state index is 12.8. The number of rotatable bonds is 5. The normalized spacial score (nSPS) is 15.9. The molecule has 6 nitrogen and oxygen atoms in total. The number of benzene rings is 2. The van der Waals surface area contributed by atoms with E-state index in [1.165, 1.54) is 12.1 Å². The predicted octanol–water partition coefficient (Wildman–Crippen LogP) is 4.77. The van der Waals surface area contributed by atoms with E-state index >= 15 is 0 Å². The molecule has 1 atom stereocenters. The Bertz CT molecular complexity index is 1160. The molecule has 1 N–H and O–H groups in total. The van der Waals surface area contributed by atoms with Crippen molar-refractivity contribution in [2.45, 2.75) is 19.2 Å². The largest absolute Gasteiger partial charge is 0.487 e. The first-order chi connectivity index (χ1) is 15.8. The van der Waals surface area contributed by atoms with E-state index in [4.69, 9.17) is 9.57 Å². The fourth-order valence-electron chi connectivity index (χ4n) is 3.37. The smallest absolute Gasteiger partial charge is 0.433 e. The average molecular weight is 476 g/mol. The van der Waals surface area contributed by atoms with Crippen molar-refractivity contribution in [1.82, 2.24) is 10.5 Å². The predicted molar refractivity (Wildman–Crippen MR) is 117 cm³/mol. The second-order valence-corrected chi connectivity index (χ2v) is 8.56. The molecule has 10 heteroatoms. The van der Waals surface area contributed by atoms with E-state index < -0.39 is 23.7 Å². The fourth-order valence-corrected chi connectivity index (χ4v) is 4.57. The summed E-state index contributed by atoms with van der Waals surface area (Å²) in [6.07, 6.45) is -2.76. The maximum absolute atomic E-state index is 12.8. The van der Waals surface area contributed by atoms with Gasteiger partial charge < -0.3 is 9.57 Å². The molecular weight excluding hydrogens is 457 g/mol. The Morgan fingerprint density at radius 2 is 1.94 bits per heavy atom. The van der Waals surface area contributed by atoms with Gasteiger partial charge in [-0.05, 0) is 29.7 Å². The molecule has 0 radical (unpaired) electrons. The zero-order valence-electron chi connectivity index (χ0n) is 17.2. The minimum Gasteiger partial charge on any atom is -0.487 e. The maximum Gasteiger partial charge on any atom is 0.433 e. The SMILES string of the molecule is O=C(NOC(=O)C1CCSC1)c1ccc2ccccc2c1OCc1ccc(C(F)(F)F)nc1. The Balaban J connectivity index is 1.53. The summed E-state index contributed by atoms with van der Waals surface area (Å²) in [6, 6.07) is 12.6. The van der Waals surface area contributed by atoms with Crippen molar-refractivity contribution in [3.63, 3.8) is 0 Å². The third-order valence-corrected chi connectivity index (χ3v) is 6.29. The molecule has 1 amide bonds. The summed E-state index contributed by atoms with van der Waals surface area (Å²) in [5, 5.41) is 1.43. The standard InChI is InChI=1S/C23H19F3N2O4S/c24-23(25,26)19-8-5-14(11-27-19)12-31-20-17-4-2-1-3-15(17)6-7-18(20)21(29)28-32-22(30)16-9-10-33-13-16/h1-8,11,16H,9-10,12-13H2,(H,28,29). The highest BCUT2D eigenvalue weighted by Gasteiger charge is 2.32. The van der Waals surface area contributed by atoms with Gasteiger partial charge in [-0.3, -0.25) is 9.78 Å². The summed E-state index contributed by atoms with van der Waals surface area (Å²) in [4.78, 5) is 33.3. The number of nitrogens with zero attached hydrogens (tertiary/aromatic N) is 1. The van der Waals surface area contributed by atoms with Gasteiger partial charge >= 0.3 is 12.1 Å². The molecule has 1 saturated heterocycles. The number of pyridine rings is 1. The number of hydrogen-bond donors (Lipinski definition) is 1. The van der Waals surface area contributed by atoms with Crippen molar-refractivity contribution in [2.24, 2.45) is 5.92 Å². The molecule has 1 aliphatic heterocycles. The van der Waals surface area contributed by atoms with Crippen LogP contribution in [-0.2, 0) is 22.4 Å². The van der Waals surface area contributed by atoms with E-state index in [0.29, 0.717) is 23.1 Å². The molecule has 1 aromatic heterocycles. The number of thioether (sulfide) groups is 1. The van der Waals surface area contributed by atoms with Gasteiger partial charge in [-0.25, -0.2) is 4.79 Å². The Morgan fingerprint density at radius 1 is 1.12 bits per heavy atom. The van der Waals surface area contributed by atoms with Crippen LogP contribution in [0, 0.1) is 5.92 Å². The van der Waals surface area contributed by atoms with E-state index in [9.17, 15) is 22.8 Å². The number of ether oxygens (including phenoxy) is 1. The highest BCUT2D eigenvalue weighted by Crippen LogP contribution is 2.32. The van der Waals surface area contributed by atoms with Crippen LogP contribution < -0.4 is 10.2 Å². The molecule has 2 aromatic carbocycles. The van der Waals surface area contributed by atoms with Crippen LogP contribution in [0.1, 0.15) is 28.0 Å². The van der Waals surface area contributed by atoms with Crippen LogP contribution in [0.2, 0.25) is 0 Å². The van der Waals surface area contributed by atoms with Crippen LogP contribution >= 0.6 is 11.8 Å². The molecule has 1 aliphatic rings. The number of carbonyl (C=O) groups is 2. The molecule has 33 heavy (non-hydrogen) atoms. The molecule has 3 aromatic rings. The van der Waals surface area contributed by atoms with Crippen LogP contribution in [0.4, 0.5) is 13.2 Å². The Labute approximate surface area is 191 Å². The van der Waals surface area contributed by atoms with Crippen LogP contribution in [-0.4, -0.2) is 28.4 Å². The number of nitrogens with one attached hydrogen (secondary N) is 1. The molecule has 172 valence electrons. The highest BCUT2D eigenvalue weighted by molar-refractivity contribution is 7.99. The molecule has 1 unspecified atom stereocenters. The van der Waals surface area contributed by atoms with Gasteiger partial charge in [-0.1, -0.05) is 36.4 Å². The first-order valence-electron chi connectivity index (χ1n) is 10.1. The molecule has 0 spiro atoms. The van der Waals surface area contributed by atoms with Crippen molar-refractivity contribution in [2.75, 3.05) is 11.5 Å². The van der Waals surface area contributed by atoms with E-state index in [1.807, 2.05) is 12.1 Å².